The Morgan fingerprint density at radius 3 is 2.45 bits per heavy atom. The van der Waals surface area contributed by atoms with Crippen LogP contribution in [0, 0.1) is 11.3 Å². The average molecular weight is 399 g/mol. The highest BCUT2D eigenvalue weighted by Crippen LogP contribution is 2.19. The Bertz CT molecular complexity index is 820. The van der Waals surface area contributed by atoms with Crippen molar-refractivity contribution >= 4 is 29.3 Å². The van der Waals surface area contributed by atoms with Crippen LogP contribution >= 0.6 is 0 Å². The summed E-state index contributed by atoms with van der Waals surface area (Å²) in [6.07, 6.45) is 2.29. The summed E-state index contributed by atoms with van der Waals surface area (Å²) < 4.78 is 4.98. The summed E-state index contributed by atoms with van der Waals surface area (Å²) >= 11 is 0. The lowest BCUT2D eigenvalue weighted by Crippen LogP contribution is -2.44. The Morgan fingerprint density at radius 2 is 1.93 bits per heavy atom. The van der Waals surface area contributed by atoms with E-state index in [0.717, 1.165) is 4.90 Å². The third-order valence-electron chi connectivity index (χ3n) is 4.50. The van der Waals surface area contributed by atoms with Gasteiger partial charge in [-0.1, -0.05) is 0 Å². The van der Waals surface area contributed by atoms with Crippen molar-refractivity contribution in [2.45, 2.75) is 32.7 Å². The molecule has 3 N–H and O–H groups in total. The number of hydrogen-bond acceptors (Lipinski definition) is 7. The number of nitrogens with zero attached hydrogens (tertiary/aromatic N) is 3. The van der Waals surface area contributed by atoms with Crippen LogP contribution in [0.5, 0.6) is 0 Å². The molecule has 0 spiro atoms. The number of amides is 3. The fourth-order valence-corrected chi connectivity index (χ4v) is 2.97. The Balaban J connectivity index is 2.04. The number of nitriles is 1. The van der Waals surface area contributed by atoms with Crippen molar-refractivity contribution in [3.05, 3.63) is 36.0 Å². The number of anilines is 2. The molecule has 0 saturated carbocycles. The summed E-state index contributed by atoms with van der Waals surface area (Å²) in [5.41, 5.74) is 6.29. The van der Waals surface area contributed by atoms with Crippen molar-refractivity contribution in [1.29, 1.82) is 5.26 Å². The molecule has 9 heteroatoms. The normalized spacial score (nSPS) is 14.7. The molecule has 1 saturated heterocycles. The smallest absolute Gasteiger partial charge is 0.409 e. The molecule has 1 aromatic rings. The molecule has 0 aromatic heterocycles. The second-order valence-electron chi connectivity index (χ2n) is 6.55. The van der Waals surface area contributed by atoms with Crippen LogP contribution in [0.3, 0.4) is 0 Å². The zero-order valence-electron chi connectivity index (χ0n) is 16.6. The van der Waals surface area contributed by atoms with Crippen LogP contribution in [0.25, 0.3) is 0 Å². The molecule has 1 heterocycles. The molecule has 1 fully saturated rings. The van der Waals surface area contributed by atoms with Crippen LogP contribution < -0.4 is 16.0 Å². The van der Waals surface area contributed by atoms with E-state index in [-0.39, 0.29) is 17.7 Å². The number of nitrogens with two attached hydrogens (primary N) is 1. The summed E-state index contributed by atoms with van der Waals surface area (Å²) in [4.78, 5) is 39.1. The van der Waals surface area contributed by atoms with Gasteiger partial charge in [-0.15, -0.1) is 0 Å². The average Bonchev–Trinajstić information content (AvgIpc) is 2.70. The number of nitrogen functional groups attached to an aromatic ring is 1. The summed E-state index contributed by atoms with van der Waals surface area (Å²) in [7, 11) is 0. The summed E-state index contributed by atoms with van der Waals surface area (Å²) in [5.74, 6) is -1.23. The van der Waals surface area contributed by atoms with Crippen molar-refractivity contribution in [3.8, 4) is 6.07 Å². The minimum atomic E-state index is -0.721. The molecule has 3 amide bonds. The van der Waals surface area contributed by atoms with Crippen molar-refractivity contribution in [3.63, 3.8) is 0 Å². The number of nitrogens with one attached hydrogen (secondary N) is 1. The molecule has 0 radical (unpaired) electrons. The molecule has 1 aromatic carbocycles. The summed E-state index contributed by atoms with van der Waals surface area (Å²) in [6, 6.07) is 8.08. The highest BCUT2D eigenvalue weighted by atomic mass is 16.6. The molecule has 1 aliphatic heterocycles. The first-order chi connectivity index (χ1) is 13.9. The zero-order valence-corrected chi connectivity index (χ0v) is 16.6. The number of carbonyl (C=O) groups is 3. The van der Waals surface area contributed by atoms with E-state index >= 15 is 0 Å². The Morgan fingerprint density at radius 1 is 1.31 bits per heavy atom. The maximum absolute atomic E-state index is 12.8. The maximum atomic E-state index is 12.8. The molecule has 9 nitrogen and oxygen atoms in total. The molecule has 2 rings (SSSR count). The fourth-order valence-electron chi connectivity index (χ4n) is 2.97. The van der Waals surface area contributed by atoms with Crippen LogP contribution in [0.2, 0.25) is 0 Å². The van der Waals surface area contributed by atoms with Gasteiger partial charge in [0.05, 0.1) is 12.3 Å². The van der Waals surface area contributed by atoms with Gasteiger partial charge in [0, 0.05) is 37.9 Å². The van der Waals surface area contributed by atoms with Gasteiger partial charge in [-0.25, -0.2) is 9.69 Å². The van der Waals surface area contributed by atoms with Gasteiger partial charge in [0.25, 0.3) is 5.91 Å². The maximum Gasteiger partial charge on any atom is 0.409 e. The lowest BCUT2D eigenvalue weighted by molar-refractivity contribution is -0.123. The minimum Gasteiger partial charge on any atom is -0.450 e. The molecular formula is C20H25N5O4. The molecular weight excluding hydrogens is 374 g/mol. The monoisotopic (exact) mass is 399 g/mol. The zero-order chi connectivity index (χ0) is 21.4. The molecule has 0 aliphatic carbocycles. The Kier molecular flexibility index (Phi) is 7.60. The summed E-state index contributed by atoms with van der Waals surface area (Å²) in [5, 5.41) is 12.5. The molecule has 29 heavy (non-hydrogen) atoms. The molecule has 154 valence electrons. The number of benzene rings is 1. The number of rotatable bonds is 5. The van der Waals surface area contributed by atoms with Gasteiger partial charge in [-0.05, 0) is 44.0 Å². The summed E-state index contributed by atoms with van der Waals surface area (Å²) in [6.45, 7) is 4.37. The van der Waals surface area contributed by atoms with Crippen LogP contribution in [0.15, 0.2) is 36.0 Å². The molecule has 0 unspecified atom stereocenters. The van der Waals surface area contributed by atoms with Gasteiger partial charge in [0.15, 0.2) is 0 Å². The van der Waals surface area contributed by atoms with Gasteiger partial charge in [-0.3, -0.25) is 9.59 Å². The van der Waals surface area contributed by atoms with E-state index in [2.05, 4.69) is 5.32 Å². The lowest BCUT2D eigenvalue weighted by Gasteiger charge is -2.31. The molecule has 0 atom stereocenters. The lowest BCUT2D eigenvalue weighted by atomic mass is 10.1. The van der Waals surface area contributed by atoms with Gasteiger partial charge in [0.2, 0.25) is 5.91 Å². The van der Waals surface area contributed by atoms with Gasteiger partial charge < -0.3 is 20.7 Å². The van der Waals surface area contributed by atoms with E-state index in [1.807, 2.05) is 6.07 Å². The van der Waals surface area contributed by atoms with E-state index in [1.54, 1.807) is 36.1 Å². The van der Waals surface area contributed by atoms with Crippen molar-refractivity contribution < 1.29 is 19.1 Å². The van der Waals surface area contributed by atoms with E-state index in [1.165, 1.54) is 13.1 Å². The van der Waals surface area contributed by atoms with Crippen molar-refractivity contribution in [2.24, 2.45) is 0 Å². The topological polar surface area (TPSA) is 129 Å². The van der Waals surface area contributed by atoms with E-state index in [0.29, 0.717) is 43.9 Å². The SMILES string of the molecule is CCOC(=O)N1CCC(N/C=C(/C#N)C(=O)N(C(C)=O)c2ccc(N)cc2)CC1. The highest BCUT2D eigenvalue weighted by Gasteiger charge is 2.26. The largest absolute Gasteiger partial charge is 0.450 e. The number of imide groups is 1. The van der Waals surface area contributed by atoms with E-state index in [9.17, 15) is 19.6 Å². The second kappa shape index (κ2) is 10.1. The van der Waals surface area contributed by atoms with Crippen LogP contribution in [0.4, 0.5) is 16.2 Å². The van der Waals surface area contributed by atoms with Crippen LogP contribution in [-0.2, 0) is 14.3 Å². The van der Waals surface area contributed by atoms with Crippen LogP contribution in [0.1, 0.15) is 26.7 Å². The predicted molar refractivity (Wildman–Crippen MR) is 107 cm³/mol. The number of hydrogen-bond donors (Lipinski definition) is 2. The highest BCUT2D eigenvalue weighted by molar-refractivity contribution is 6.21. The standard InChI is InChI=1S/C20H25N5O4/c1-3-29-20(28)24-10-8-17(9-11-24)23-13-15(12-21)19(27)25(14(2)26)18-6-4-16(22)5-7-18/h4-7,13,17,23H,3,8-11,22H2,1-2H3/b15-13-. The minimum absolute atomic E-state index is 0.000807. The fraction of sp³-hybridized carbons (Fsp3) is 0.400. The number of carbonyl (C=O) groups excluding carboxylic acids is 3. The third kappa shape index (κ3) is 5.72. The van der Waals surface area contributed by atoms with Gasteiger partial charge in [0.1, 0.15) is 11.6 Å². The molecule has 1 aliphatic rings. The Labute approximate surface area is 169 Å². The third-order valence-corrected chi connectivity index (χ3v) is 4.50. The first-order valence-electron chi connectivity index (χ1n) is 9.36. The van der Waals surface area contributed by atoms with Crippen molar-refractivity contribution in [2.75, 3.05) is 30.3 Å². The van der Waals surface area contributed by atoms with Crippen LogP contribution in [-0.4, -0.2) is 48.5 Å². The first kappa shape index (κ1) is 21.8. The predicted octanol–water partition coefficient (Wildman–Crippen LogP) is 1.77. The van der Waals surface area contributed by atoms with E-state index < -0.39 is 11.8 Å². The first-order valence-corrected chi connectivity index (χ1v) is 9.36. The number of piperidine rings is 1. The van der Waals surface area contributed by atoms with Gasteiger partial charge in [-0.2, -0.15) is 5.26 Å². The Hall–Kier alpha value is -3.54. The number of ether oxygens (including phenoxy) is 1. The molecule has 0 bridgehead atoms. The van der Waals surface area contributed by atoms with Gasteiger partial charge >= 0.3 is 6.09 Å². The quantitative estimate of drug-likeness (QED) is 0.438. The van der Waals surface area contributed by atoms with Crippen molar-refractivity contribution in [1.82, 2.24) is 10.2 Å². The van der Waals surface area contributed by atoms with E-state index in [4.69, 9.17) is 10.5 Å². The number of likely N-dealkylation sites (tertiary alicyclic amines) is 1. The second-order valence-corrected chi connectivity index (χ2v) is 6.55.